The number of esters is 1. The van der Waals surface area contributed by atoms with E-state index in [0.29, 0.717) is 18.5 Å². The van der Waals surface area contributed by atoms with Gasteiger partial charge in [-0.2, -0.15) is 0 Å². The van der Waals surface area contributed by atoms with Crippen LogP contribution in [0.5, 0.6) is 0 Å². The Bertz CT molecular complexity index is 258. The van der Waals surface area contributed by atoms with Crippen LogP contribution in [0.15, 0.2) is 0 Å². The van der Waals surface area contributed by atoms with Crippen molar-refractivity contribution >= 4 is 5.97 Å². The molecule has 1 fully saturated rings. The summed E-state index contributed by atoms with van der Waals surface area (Å²) in [4.78, 5) is 16.1. The van der Waals surface area contributed by atoms with Crippen LogP contribution in [0.1, 0.15) is 40.0 Å². The molecule has 0 amide bonds. The summed E-state index contributed by atoms with van der Waals surface area (Å²) in [6, 6.07) is 1.26. The van der Waals surface area contributed by atoms with E-state index < -0.39 is 0 Å². The number of methoxy groups -OCH3 is 1. The Morgan fingerprint density at radius 2 is 2.17 bits per heavy atom. The van der Waals surface area contributed by atoms with Crippen molar-refractivity contribution in [1.29, 1.82) is 0 Å². The SMILES string of the molecule is CCC[C@H](C)N1CCN(CCC(=O)OC)C[C@H]1C. The highest BCUT2D eigenvalue weighted by Crippen LogP contribution is 2.16. The van der Waals surface area contributed by atoms with Gasteiger partial charge in [0.1, 0.15) is 0 Å². The van der Waals surface area contributed by atoms with Crippen LogP contribution in [-0.4, -0.2) is 61.1 Å². The normalized spacial score (nSPS) is 23.9. The highest BCUT2D eigenvalue weighted by molar-refractivity contribution is 5.69. The van der Waals surface area contributed by atoms with E-state index in [-0.39, 0.29) is 5.97 Å². The lowest BCUT2D eigenvalue weighted by atomic mass is 10.1. The number of carbonyl (C=O) groups is 1. The van der Waals surface area contributed by atoms with Gasteiger partial charge in [0.25, 0.3) is 0 Å². The molecule has 0 aromatic heterocycles. The van der Waals surface area contributed by atoms with Gasteiger partial charge in [0.05, 0.1) is 13.5 Å². The average molecular weight is 256 g/mol. The second-order valence-corrected chi connectivity index (χ2v) is 5.35. The Labute approximate surface area is 111 Å². The number of nitrogens with zero attached hydrogens (tertiary/aromatic N) is 2. The molecule has 1 heterocycles. The van der Waals surface area contributed by atoms with E-state index in [1.807, 2.05) is 0 Å². The topological polar surface area (TPSA) is 32.8 Å². The lowest BCUT2D eigenvalue weighted by Crippen LogP contribution is -2.54. The number of carbonyl (C=O) groups excluding carboxylic acids is 1. The van der Waals surface area contributed by atoms with E-state index in [9.17, 15) is 4.79 Å². The molecular weight excluding hydrogens is 228 g/mol. The number of rotatable bonds is 6. The summed E-state index contributed by atoms with van der Waals surface area (Å²) in [6.07, 6.45) is 3.02. The van der Waals surface area contributed by atoms with Crippen LogP contribution in [0.2, 0.25) is 0 Å². The van der Waals surface area contributed by atoms with Gasteiger partial charge in [-0.05, 0) is 20.3 Å². The van der Waals surface area contributed by atoms with E-state index in [4.69, 9.17) is 0 Å². The minimum Gasteiger partial charge on any atom is -0.469 e. The average Bonchev–Trinajstić information content (AvgIpc) is 2.36. The molecule has 0 unspecified atom stereocenters. The number of ether oxygens (including phenoxy) is 1. The zero-order valence-corrected chi connectivity index (χ0v) is 12.3. The summed E-state index contributed by atoms with van der Waals surface area (Å²) in [5.41, 5.74) is 0. The molecule has 106 valence electrons. The third kappa shape index (κ3) is 4.58. The van der Waals surface area contributed by atoms with E-state index in [1.165, 1.54) is 20.0 Å². The first kappa shape index (κ1) is 15.4. The Hall–Kier alpha value is -0.610. The monoisotopic (exact) mass is 256 g/mol. The molecule has 0 bridgehead atoms. The third-order valence-corrected chi connectivity index (χ3v) is 3.90. The largest absolute Gasteiger partial charge is 0.469 e. The van der Waals surface area contributed by atoms with Gasteiger partial charge >= 0.3 is 5.97 Å². The van der Waals surface area contributed by atoms with Crippen LogP contribution in [0.3, 0.4) is 0 Å². The Kier molecular flexibility index (Phi) is 6.65. The van der Waals surface area contributed by atoms with E-state index in [1.54, 1.807) is 0 Å². The first-order chi connectivity index (χ1) is 8.58. The molecule has 0 saturated carbocycles. The van der Waals surface area contributed by atoms with Crippen LogP contribution in [0.25, 0.3) is 0 Å². The van der Waals surface area contributed by atoms with Gasteiger partial charge in [0.2, 0.25) is 0 Å². The standard InChI is InChI=1S/C14H28N2O2/c1-5-6-12(2)16-10-9-15(11-13(16)3)8-7-14(17)18-4/h12-13H,5-11H2,1-4H3/t12-,13+/m0/s1. The third-order valence-electron chi connectivity index (χ3n) is 3.90. The van der Waals surface area contributed by atoms with Crippen molar-refractivity contribution < 1.29 is 9.53 Å². The zero-order valence-electron chi connectivity index (χ0n) is 12.3. The number of hydrogen-bond donors (Lipinski definition) is 0. The molecule has 0 aromatic carbocycles. The summed E-state index contributed by atoms with van der Waals surface area (Å²) in [5, 5.41) is 0. The van der Waals surface area contributed by atoms with Gasteiger partial charge in [-0.15, -0.1) is 0 Å². The van der Waals surface area contributed by atoms with Gasteiger partial charge < -0.3 is 4.74 Å². The fourth-order valence-corrected chi connectivity index (χ4v) is 2.84. The van der Waals surface area contributed by atoms with Gasteiger partial charge in [-0.3, -0.25) is 14.6 Å². The van der Waals surface area contributed by atoms with Crippen LogP contribution < -0.4 is 0 Å². The van der Waals surface area contributed by atoms with Crippen molar-refractivity contribution in [2.24, 2.45) is 0 Å². The fourth-order valence-electron chi connectivity index (χ4n) is 2.84. The predicted octanol–water partition coefficient (Wildman–Crippen LogP) is 1.74. The van der Waals surface area contributed by atoms with E-state index in [0.717, 1.165) is 26.2 Å². The van der Waals surface area contributed by atoms with Gasteiger partial charge in [0.15, 0.2) is 0 Å². The zero-order chi connectivity index (χ0) is 13.5. The molecule has 4 heteroatoms. The fraction of sp³-hybridized carbons (Fsp3) is 0.929. The molecule has 0 aromatic rings. The molecule has 1 aliphatic rings. The minimum atomic E-state index is -0.107. The second-order valence-electron chi connectivity index (χ2n) is 5.35. The molecule has 1 aliphatic heterocycles. The maximum atomic E-state index is 11.1. The van der Waals surface area contributed by atoms with Crippen LogP contribution >= 0.6 is 0 Å². The quantitative estimate of drug-likeness (QED) is 0.678. The van der Waals surface area contributed by atoms with Crippen molar-refractivity contribution in [3.8, 4) is 0 Å². The van der Waals surface area contributed by atoms with Crippen molar-refractivity contribution in [2.75, 3.05) is 33.3 Å². The molecule has 4 nitrogen and oxygen atoms in total. The van der Waals surface area contributed by atoms with E-state index in [2.05, 4.69) is 35.3 Å². The van der Waals surface area contributed by atoms with Crippen LogP contribution in [0, 0.1) is 0 Å². The summed E-state index contributed by atoms with van der Waals surface area (Å²) in [7, 11) is 1.45. The molecule has 0 spiro atoms. The minimum absolute atomic E-state index is 0.107. The summed E-state index contributed by atoms with van der Waals surface area (Å²) < 4.78 is 4.68. The van der Waals surface area contributed by atoms with Gasteiger partial charge in [-0.25, -0.2) is 0 Å². The van der Waals surface area contributed by atoms with Crippen LogP contribution in [-0.2, 0) is 9.53 Å². The number of piperazine rings is 1. The van der Waals surface area contributed by atoms with Gasteiger partial charge in [0, 0.05) is 38.3 Å². The smallest absolute Gasteiger partial charge is 0.306 e. The van der Waals surface area contributed by atoms with Crippen molar-refractivity contribution in [2.45, 2.75) is 52.1 Å². The van der Waals surface area contributed by atoms with E-state index >= 15 is 0 Å². The highest BCUT2D eigenvalue weighted by Gasteiger charge is 2.26. The molecular formula is C14H28N2O2. The first-order valence-corrected chi connectivity index (χ1v) is 7.13. The molecule has 0 aliphatic carbocycles. The second kappa shape index (κ2) is 7.74. The molecule has 0 N–H and O–H groups in total. The van der Waals surface area contributed by atoms with Crippen LogP contribution in [0.4, 0.5) is 0 Å². The first-order valence-electron chi connectivity index (χ1n) is 7.13. The van der Waals surface area contributed by atoms with Crippen molar-refractivity contribution in [1.82, 2.24) is 9.80 Å². The maximum absolute atomic E-state index is 11.1. The predicted molar refractivity (Wildman–Crippen MR) is 73.6 cm³/mol. The molecule has 18 heavy (non-hydrogen) atoms. The lowest BCUT2D eigenvalue weighted by Gasteiger charge is -2.43. The number of hydrogen-bond acceptors (Lipinski definition) is 4. The summed E-state index contributed by atoms with van der Waals surface area (Å²) in [5.74, 6) is -0.107. The summed E-state index contributed by atoms with van der Waals surface area (Å²) in [6.45, 7) is 10.9. The maximum Gasteiger partial charge on any atom is 0.306 e. The Morgan fingerprint density at radius 3 is 2.72 bits per heavy atom. The van der Waals surface area contributed by atoms with Gasteiger partial charge in [-0.1, -0.05) is 13.3 Å². The molecule has 0 radical (unpaired) electrons. The van der Waals surface area contributed by atoms with Crippen molar-refractivity contribution in [3.05, 3.63) is 0 Å². The summed E-state index contributed by atoms with van der Waals surface area (Å²) >= 11 is 0. The molecule has 2 atom stereocenters. The Morgan fingerprint density at radius 1 is 1.44 bits per heavy atom. The lowest BCUT2D eigenvalue weighted by molar-refractivity contribution is -0.141. The highest BCUT2D eigenvalue weighted by atomic mass is 16.5. The molecule has 1 saturated heterocycles. The van der Waals surface area contributed by atoms with Crippen molar-refractivity contribution in [3.63, 3.8) is 0 Å². The molecule has 1 rings (SSSR count). The Balaban J connectivity index is 2.33.